The molecule has 2 saturated heterocycles. The minimum absolute atomic E-state index is 0.129. The number of rotatable bonds is 4. The monoisotopic (exact) mass is 287 g/mol. The summed E-state index contributed by atoms with van der Waals surface area (Å²) in [5.41, 5.74) is 9.14. The summed E-state index contributed by atoms with van der Waals surface area (Å²) in [4.78, 5) is 5.27. The number of likely N-dealkylation sites (N-methyl/N-ethyl adjacent to an activating group) is 1. The molecule has 0 bridgehead atoms. The lowest BCUT2D eigenvalue weighted by Crippen LogP contribution is -2.62. The molecule has 0 aliphatic carbocycles. The number of anilines is 1. The number of benzene rings is 1. The average molecular weight is 287 g/mol. The summed E-state index contributed by atoms with van der Waals surface area (Å²) in [5.74, 6) is 0. The number of aryl methyl sites for hydroxylation is 1. The van der Waals surface area contributed by atoms with Crippen LogP contribution in [-0.2, 0) is 0 Å². The molecule has 0 amide bonds. The van der Waals surface area contributed by atoms with E-state index in [0.29, 0.717) is 6.04 Å². The Morgan fingerprint density at radius 3 is 2.67 bits per heavy atom. The molecule has 0 saturated carbocycles. The number of hydrogen-bond acceptors (Lipinski definition) is 3. The fourth-order valence-corrected chi connectivity index (χ4v) is 4.51. The summed E-state index contributed by atoms with van der Waals surface area (Å²) in [7, 11) is 0. The van der Waals surface area contributed by atoms with Gasteiger partial charge in [0, 0.05) is 31.4 Å². The Kier molecular flexibility index (Phi) is 4.23. The number of hydrogen-bond donors (Lipinski definition) is 1. The van der Waals surface area contributed by atoms with Crippen LogP contribution >= 0.6 is 0 Å². The van der Waals surface area contributed by atoms with Crippen molar-refractivity contribution in [2.24, 2.45) is 5.73 Å². The predicted octanol–water partition coefficient (Wildman–Crippen LogP) is 2.78. The third-order valence-corrected chi connectivity index (χ3v) is 5.62. The lowest BCUT2D eigenvalue weighted by Gasteiger charge is -2.48. The molecule has 3 heteroatoms. The van der Waals surface area contributed by atoms with E-state index in [0.717, 1.165) is 13.1 Å². The highest BCUT2D eigenvalue weighted by Crippen LogP contribution is 2.40. The normalized spacial score (nSPS) is 29.4. The first-order valence-corrected chi connectivity index (χ1v) is 8.49. The fraction of sp³-hybridized carbons (Fsp3) is 0.667. The Bertz CT molecular complexity index is 470. The van der Waals surface area contributed by atoms with Gasteiger partial charge in [0.15, 0.2) is 0 Å². The van der Waals surface area contributed by atoms with Crippen LogP contribution in [0.3, 0.4) is 0 Å². The highest BCUT2D eigenvalue weighted by molar-refractivity contribution is 5.51. The van der Waals surface area contributed by atoms with Crippen molar-refractivity contribution in [3.05, 3.63) is 29.8 Å². The molecule has 1 aromatic carbocycles. The van der Waals surface area contributed by atoms with Crippen molar-refractivity contribution in [2.75, 3.05) is 31.1 Å². The van der Waals surface area contributed by atoms with Crippen LogP contribution < -0.4 is 10.6 Å². The molecule has 3 nitrogen and oxygen atoms in total. The Morgan fingerprint density at radius 1 is 1.24 bits per heavy atom. The van der Waals surface area contributed by atoms with E-state index >= 15 is 0 Å². The second-order valence-electron chi connectivity index (χ2n) is 6.69. The van der Waals surface area contributed by atoms with E-state index in [4.69, 9.17) is 5.73 Å². The number of nitrogens with zero attached hydrogens (tertiary/aromatic N) is 2. The van der Waals surface area contributed by atoms with Crippen LogP contribution in [0.15, 0.2) is 24.3 Å². The number of piperidine rings is 1. The van der Waals surface area contributed by atoms with E-state index in [1.54, 1.807) is 0 Å². The molecule has 2 heterocycles. The fourth-order valence-electron chi connectivity index (χ4n) is 4.51. The van der Waals surface area contributed by atoms with Crippen LogP contribution in [0, 0.1) is 6.92 Å². The van der Waals surface area contributed by atoms with Crippen LogP contribution in [0.25, 0.3) is 0 Å². The Morgan fingerprint density at radius 2 is 2.00 bits per heavy atom. The highest BCUT2D eigenvalue weighted by atomic mass is 15.3. The first kappa shape index (κ1) is 14.9. The van der Waals surface area contributed by atoms with Crippen LogP contribution in [0.2, 0.25) is 0 Å². The quantitative estimate of drug-likeness (QED) is 0.924. The summed E-state index contributed by atoms with van der Waals surface area (Å²) < 4.78 is 0. The Balaban J connectivity index is 1.94. The van der Waals surface area contributed by atoms with E-state index < -0.39 is 0 Å². The SMILES string of the molecule is CCN(c1ccc(C)cc1)C1(CN)CCN2CCCCC21. The molecule has 0 spiro atoms. The van der Waals surface area contributed by atoms with Crippen LogP contribution in [-0.4, -0.2) is 42.7 Å². The van der Waals surface area contributed by atoms with Gasteiger partial charge in [0.2, 0.25) is 0 Å². The zero-order valence-electron chi connectivity index (χ0n) is 13.5. The van der Waals surface area contributed by atoms with Crippen molar-refractivity contribution >= 4 is 5.69 Å². The van der Waals surface area contributed by atoms with Gasteiger partial charge in [0.25, 0.3) is 0 Å². The minimum Gasteiger partial charge on any atom is -0.363 e. The molecule has 1 aromatic rings. The van der Waals surface area contributed by atoms with Gasteiger partial charge in [-0.3, -0.25) is 4.90 Å². The molecule has 3 rings (SSSR count). The van der Waals surface area contributed by atoms with Crippen molar-refractivity contribution in [1.29, 1.82) is 0 Å². The second kappa shape index (κ2) is 5.98. The summed E-state index contributed by atoms with van der Waals surface area (Å²) in [6.07, 6.45) is 5.22. The van der Waals surface area contributed by atoms with Gasteiger partial charge < -0.3 is 10.6 Å². The second-order valence-corrected chi connectivity index (χ2v) is 6.69. The molecule has 0 radical (unpaired) electrons. The van der Waals surface area contributed by atoms with Gasteiger partial charge in [-0.05, 0) is 51.8 Å². The first-order chi connectivity index (χ1) is 10.2. The van der Waals surface area contributed by atoms with Gasteiger partial charge in [-0.1, -0.05) is 24.1 Å². The van der Waals surface area contributed by atoms with Gasteiger partial charge >= 0.3 is 0 Å². The molecule has 2 fully saturated rings. The van der Waals surface area contributed by atoms with Gasteiger partial charge in [0.1, 0.15) is 0 Å². The van der Waals surface area contributed by atoms with E-state index in [1.165, 1.54) is 50.0 Å². The Hall–Kier alpha value is -1.06. The molecule has 2 aliphatic heterocycles. The third kappa shape index (κ3) is 2.47. The van der Waals surface area contributed by atoms with Crippen LogP contribution in [0.5, 0.6) is 0 Å². The lowest BCUT2D eigenvalue weighted by atomic mass is 9.83. The first-order valence-electron chi connectivity index (χ1n) is 8.49. The maximum atomic E-state index is 6.35. The largest absolute Gasteiger partial charge is 0.363 e. The van der Waals surface area contributed by atoms with E-state index in [9.17, 15) is 0 Å². The maximum Gasteiger partial charge on any atom is 0.0690 e. The molecule has 2 aliphatic rings. The van der Waals surface area contributed by atoms with E-state index in [-0.39, 0.29) is 5.54 Å². The molecule has 21 heavy (non-hydrogen) atoms. The van der Waals surface area contributed by atoms with Gasteiger partial charge in [0.05, 0.1) is 5.54 Å². The summed E-state index contributed by atoms with van der Waals surface area (Å²) >= 11 is 0. The molecule has 0 aromatic heterocycles. The zero-order valence-corrected chi connectivity index (χ0v) is 13.5. The van der Waals surface area contributed by atoms with Crippen molar-refractivity contribution in [3.8, 4) is 0 Å². The lowest BCUT2D eigenvalue weighted by molar-refractivity contribution is 0.155. The van der Waals surface area contributed by atoms with Crippen molar-refractivity contribution in [2.45, 2.75) is 51.1 Å². The molecule has 2 atom stereocenters. The molecular formula is C18H29N3. The standard InChI is InChI=1S/C18H29N3/c1-3-21(16-9-7-15(2)8-10-16)18(14-19)11-13-20-12-5-4-6-17(18)20/h7-10,17H,3-6,11-14,19H2,1-2H3. The van der Waals surface area contributed by atoms with E-state index in [1.807, 2.05) is 0 Å². The third-order valence-electron chi connectivity index (χ3n) is 5.62. The maximum absolute atomic E-state index is 6.35. The predicted molar refractivity (Wildman–Crippen MR) is 89.8 cm³/mol. The van der Waals surface area contributed by atoms with Gasteiger partial charge in [-0.15, -0.1) is 0 Å². The van der Waals surface area contributed by atoms with Gasteiger partial charge in [-0.25, -0.2) is 0 Å². The topological polar surface area (TPSA) is 32.5 Å². The molecule has 116 valence electrons. The summed E-state index contributed by atoms with van der Waals surface area (Å²) in [6, 6.07) is 9.60. The molecular weight excluding hydrogens is 258 g/mol. The summed E-state index contributed by atoms with van der Waals surface area (Å²) in [5, 5.41) is 0. The van der Waals surface area contributed by atoms with Gasteiger partial charge in [-0.2, -0.15) is 0 Å². The zero-order chi connectivity index (χ0) is 14.9. The Labute approximate surface area is 129 Å². The molecule has 2 N–H and O–H groups in total. The van der Waals surface area contributed by atoms with Crippen molar-refractivity contribution in [3.63, 3.8) is 0 Å². The van der Waals surface area contributed by atoms with Crippen LogP contribution in [0.4, 0.5) is 5.69 Å². The smallest absolute Gasteiger partial charge is 0.0690 e. The number of nitrogens with two attached hydrogens (primary N) is 1. The minimum atomic E-state index is 0.129. The van der Waals surface area contributed by atoms with Crippen molar-refractivity contribution in [1.82, 2.24) is 4.90 Å². The van der Waals surface area contributed by atoms with Crippen molar-refractivity contribution < 1.29 is 0 Å². The highest BCUT2D eigenvalue weighted by Gasteiger charge is 2.50. The molecule has 2 unspecified atom stereocenters. The average Bonchev–Trinajstić information content (AvgIpc) is 2.90. The van der Waals surface area contributed by atoms with E-state index in [2.05, 4.69) is 47.9 Å². The number of fused-ring (bicyclic) bond motifs is 1. The van der Waals surface area contributed by atoms with Crippen LogP contribution in [0.1, 0.15) is 38.2 Å². The summed E-state index contributed by atoms with van der Waals surface area (Å²) in [6.45, 7) is 8.68.